The number of carboxylic acid groups (broad SMARTS) is 3. The Labute approximate surface area is 877 Å². The number of aliphatic hydroxyl groups is 1. The molecule has 16 aromatic rings. The maximum atomic E-state index is 14.1. The Morgan fingerprint density at radius 1 is 0.396 bits per heavy atom. The minimum atomic E-state index is -4.65. The molecule has 144 heavy (non-hydrogen) atoms. The lowest BCUT2D eigenvalue weighted by molar-refractivity contribution is -0.192. The minimum absolute atomic E-state index is 0.0291. The highest BCUT2D eigenvalue weighted by molar-refractivity contribution is 7.99. The summed E-state index contributed by atoms with van der Waals surface area (Å²) in [5.74, 6) is 0.737. The zero-order chi connectivity index (χ0) is 104. The molecule has 0 saturated heterocycles. The molecule has 0 aliphatic heterocycles. The number of fused-ring (bicyclic) bond motifs is 5. The van der Waals surface area contributed by atoms with Gasteiger partial charge in [0.25, 0.3) is 27.8 Å². The number of hydrogen-bond donors (Lipinski definition) is 4. The van der Waals surface area contributed by atoms with Crippen LogP contribution in [0.4, 0.5) is 13.2 Å². The van der Waals surface area contributed by atoms with Crippen LogP contribution in [0.25, 0.3) is 62.9 Å². The molecule has 0 aliphatic rings. The first-order chi connectivity index (χ1) is 69.1. The number of thiophene rings is 4. The van der Waals surface area contributed by atoms with E-state index in [0.29, 0.717) is 144 Å². The van der Waals surface area contributed by atoms with Gasteiger partial charge in [0, 0.05) is 103 Å². The Hall–Kier alpha value is -11.1. The number of alkyl halides is 3. The topological polar surface area (TPSA) is 341 Å². The van der Waals surface area contributed by atoms with Gasteiger partial charge in [-0.2, -0.15) is 22.8 Å². The summed E-state index contributed by atoms with van der Waals surface area (Å²) in [4.78, 5) is 137. The number of unbranched alkanes of at least 4 members (excludes halogenated alkanes) is 5. The van der Waals surface area contributed by atoms with Crippen LogP contribution in [-0.2, 0) is 91.6 Å². The van der Waals surface area contributed by atoms with E-state index in [9.17, 15) is 51.5 Å². The molecule has 4 N–H and O–H groups in total. The standard InChI is InChI=1S/C27H25F3N2O3S2.C21H24N2OS.C20H22N2O3S2.C19H22N2O2S2.C18H16Cl2N2O3S2.CO2/c1-16-11-12-17(2)19(14-16)15-36-26-31-22-21(18-8-4-3-5-9-18)24(27(28,29)30)37-23(22)25(35)32(26)13-7-6-10-20(33)34;1-4-5-12-23-20(24)18-8-6-7-9-19(18)22-21(23)25-14-17-13-15(2)10-11-16(17)3;1-13-6-7-14(2)15(11-13)12-27-20-21-18-16(8-10-26-18)19(25)22(20)9-4-3-5-17(23)24;1-13-5-6-14(2)15(11-13)12-25-19-20-16-7-10-24-17(16)18(23)21(19)8-3-4-9-22;19-12-4-3-5-13(20)11(12)10-27-18-21-14-7-9-26-16(14)17(25)22(18)8-2-1-6-15(23)24;2-1-3/h3-5,8-9,11-12,14H,6-7,10,13,15H2,1-2H3,(H,33,34);6-11,13H,4-5,12,14H2,1-3H3;6-8,10-11H,3-5,9,12H2,1-2H3,(H,23,24);5-7,10-11,22H,3-4,8-9,12H2,1-2H3;3-5,7,9H,1-2,6,8,10H2,(H,23,24);. The van der Waals surface area contributed by atoms with Crippen molar-refractivity contribution in [1.29, 1.82) is 0 Å². The number of carboxylic acids is 3. The third kappa shape index (κ3) is 31.5. The van der Waals surface area contributed by atoms with Gasteiger partial charge in [0.1, 0.15) is 23.8 Å². The normalized spacial score (nSPS) is 11.2. The maximum Gasteiger partial charge on any atom is 0.426 e. The zero-order valence-corrected chi connectivity index (χ0v) is 89.6. The molecule has 0 atom stereocenters. The number of nitrogens with zero attached hydrogens (tertiary/aromatic N) is 10. The number of aliphatic hydroxyl groups excluding tert-OH is 1. The number of halogens is 5. The third-order valence-corrected chi connectivity index (χ3v) is 32.6. The van der Waals surface area contributed by atoms with E-state index >= 15 is 0 Å². The van der Waals surface area contributed by atoms with Gasteiger partial charge in [0.2, 0.25) is 0 Å². The number of carbonyl (C=O) groups is 3. The number of thioether (sulfide) groups is 5. The SMILES string of the molecule is CCCCn1c(SCc2cc(C)ccc2C)nc2ccccc2c1=O.Cc1ccc(C)c(CSc2nc3c(-c4ccccc4)c(C(F)(F)F)sc3c(=O)n2CCCCC(=O)O)c1.Cc1ccc(C)c(CSc2nc3ccsc3c(=O)n2CCCCO)c1.Cc1ccc(C)c(CSc2nc3sccc3c(=O)n2CCCCC(=O)O)c1.O=C(O)CCCCn1c(SCc2c(Cl)cccc2Cl)nc2ccsc2c1=O.O=C=O. The fraction of sp³-hybridized carbons (Fsp3) is 0.321. The van der Waals surface area contributed by atoms with Crippen molar-refractivity contribution in [3.8, 4) is 11.1 Å². The van der Waals surface area contributed by atoms with Crippen molar-refractivity contribution in [2.24, 2.45) is 0 Å². The van der Waals surface area contributed by atoms with E-state index < -0.39 is 34.5 Å². The van der Waals surface area contributed by atoms with Crippen molar-refractivity contribution in [1.82, 2.24) is 47.8 Å². The van der Waals surface area contributed by atoms with Crippen molar-refractivity contribution in [2.75, 3.05) is 6.61 Å². The number of aryl methyl sites for hydroxylation is 8. The highest BCUT2D eigenvalue weighted by Gasteiger charge is 2.39. The van der Waals surface area contributed by atoms with Crippen molar-refractivity contribution in [2.45, 2.75) is 239 Å². The number of hydrogen-bond acceptors (Lipinski definition) is 25. The molecular weight excluding hydrogens is 2050 g/mol. The van der Waals surface area contributed by atoms with Gasteiger partial charge in [-0.1, -0.05) is 239 Å². The van der Waals surface area contributed by atoms with Crippen LogP contribution in [0.2, 0.25) is 10.0 Å². The quantitative estimate of drug-likeness (QED) is 0.0159. The summed E-state index contributed by atoms with van der Waals surface area (Å²) < 4.78 is 51.9. The van der Waals surface area contributed by atoms with E-state index in [1.165, 1.54) is 112 Å². The van der Waals surface area contributed by atoms with Crippen LogP contribution in [0, 0.1) is 55.4 Å². The average Bonchev–Trinajstić information content (AvgIpc) is 1.58. The van der Waals surface area contributed by atoms with Gasteiger partial charge in [-0.3, -0.25) is 61.2 Å². The Balaban J connectivity index is 0.000000172. The number of benzene rings is 7. The second-order valence-corrected chi connectivity index (χ2v) is 43.1. The van der Waals surface area contributed by atoms with Gasteiger partial charge >= 0.3 is 30.2 Å². The Morgan fingerprint density at radius 2 is 0.757 bits per heavy atom. The lowest BCUT2D eigenvalue weighted by Crippen LogP contribution is -2.23. The second kappa shape index (κ2) is 55.5. The van der Waals surface area contributed by atoms with Gasteiger partial charge in [-0.05, 0) is 227 Å². The molecular formula is C106H109Cl2F3N10O14S9. The van der Waals surface area contributed by atoms with Crippen LogP contribution in [-0.4, -0.2) is 98.8 Å². The first-order valence-electron chi connectivity index (χ1n) is 46.3. The molecule has 7 aromatic carbocycles. The average molecular weight is 2160 g/mol. The molecule has 0 fully saturated rings. The first-order valence-corrected chi connectivity index (χ1v) is 55.4. The van der Waals surface area contributed by atoms with Crippen LogP contribution in [0.1, 0.15) is 168 Å². The van der Waals surface area contributed by atoms with E-state index in [4.69, 9.17) is 68.2 Å². The van der Waals surface area contributed by atoms with Crippen LogP contribution in [0.3, 0.4) is 0 Å². The van der Waals surface area contributed by atoms with Gasteiger partial charge in [-0.25, -0.2) is 24.9 Å². The monoisotopic (exact) mass is 2160 g/mol. The lowest BCUT2D eigenvalue weighted by atomic mass is 10.1. The molecule has 16 rings (SSSR count). The Morgan fingerprint density at radius 3 is 1.17 bits per heavy atom. The molecule has 38 heteroatoms. The van der Waals surface area contributed by atoms with E-state index in [2.05, 4.69) is 113 Å². The predicted octanol–water partition coefficient (Wildman–Crippen LogP) is 25.9. The highest BCUT2D eigenvalue weighted by Crippen LogP contribution is 2.47. The minimum Gasteiger partial charge on any atom is -0.481 e. The smallest absolute Gasteiger partial charge is 0.426 e. The van der Waals surface area contributed by atoms with E-state index in [0.717, 1.165) is 91.5 Å². The molecule has 0 amide bonds. The first kappa shape index (κ1) is 113. The van der Waals surface area contributed by atoms with Crippen LogP contribution in [0.15, 0.2) is 230 Å². The summed E-state index contributed by atoms with van der Waals surface area (Å²) in [6, 6.07) is 52.0. The van der Waals surface area contributed by atoms with E-state index in [1.54, 1.807) is 97.5 Å². The maximum absolute atomic E-state index is 14.1. The summed E-state index contributed by atoms with van der Waals surface area (Å²) in [7, 11) is 0. The summed E-state index contributed by atoms with van der Waals surface area (Å²) in [6.07, 6.45) is 2.26. The Bertz CT molecular complexity index is 7540. The predicted molar refractivity (Wildman–Crippen MR) is 581 cm³/mol. The molecule has 756 valence electrons. The van der Waals surface area contributed by atoms with Crippen molar-refractivity contribution in [3.63, 3.8) is 0 Å². The molecule has 0 aliphatic carbocycles. The highest BCUT2D eigenvalue weighted by atomic mass is 35.5. The van der Waals surface area contributed by atoms with Crippen molar-refractivity contribution >= 4 is 203 Å². The zero-order valence-electron chi connectivity index (χ0n) is 80.7. The second-order valence-electron chi connectivity index (χ2n) is 33.8. The number of carbonyl (C=O) groups excluding carboxylic acids is 2. The summed E-state index contributed by atoms with van der Waals surface area (Å²) in [5, 5.41) is 46.9. The number of aliphatic carboxylic acids is 3. The molecule has 9 heterocycles. The fourth-order valence-corrected chi connectivity index (χ4v) is 24.7. The fourth-order valence-electron chi connectivity index (χ4n) is 15.1. The van der Waals surface area contributed by atoms with Gasteiger partial charge < -0.3 is 20.4 Å². The molecule has 24 nitrogen and oxygen atoms in total. The van der Waals surface area contributed by atoms with Crippen LogP contribution >= 0.6 is 127 Å². The number of rotatable bonds is 38. The summed E-state index contributed by atoms with van der Waals surface area (Å²) in [6.45, 7) is 21.2. The van der Waals surface area contributed by atoms with Crippen molar-refractivity contribution in [3.05, 3.63) is 319 Å². The molecule has 0 bridgehead atoms. The lowest BCUT2D eigenvalue weighted by Gasteiger charge is -2.13. The van der Waals surface area contributed by atoms with E-state index in [-0.39, 0.29) is 76.6 Å². The molecule has 9 aromatic heterocycles. The Kier molecular flexibility index (Phi) is 43.6. The van der Waals surface area contributed by atoms with Gasteiger partial charge in [0.15, 0.2) is 25.8 Å². The molecule has 0 spiro atoms. The number of para-hydroxylation sites is 1. The van der Waals surface area contributed by atoms with Gasteiger partial charge in [0.05, 0.1) is 32.8 Å². The summed E-state index contributed by atoms with van der Waals surface area (Å²) in [5.41, 5.74) is 17.2. The number of aromatic nitrogens is 10. The van der Waals surface area contributed by atoms with E-state index in [1.807, 2.05) is 95.2 Å². The van der Waals surface area contributed by atoms with Crippen LogP contribution in [0.5, 0.6) is 0 Å². The van der Waals surface area contributed by atoms with Gasteiger partial charge in [-0.15, -0.1) is 45.3 Å². The third-order valence-electron chi connectivity index (χ3n) is 23.0. The summed E-state index contributed by atoms with van der Waals surface area (Å²) >= 11 is 24.7. The van der Waals surface area contributed by atoms with Crippen LogP contribution < -0.4 is 27.8 Å². The molecule has 0 unspecified atom stereocenters. The largest absolute Gasteiger partial charge is 0.481 e. The van der Waals surface area contributed by atoms with Crippen molar-refractivity contribution < 1.29 is 57.6 Å². The molecule has 0 saturated carbocycles. The molecule has 0 radical (unpaired) electrons.